The zero-order chi connectivity index (χ0) is 12.0. The summed E-state index contributed by atoms with van der Waals surface area (Å²) >= 11 is 0. The summed E-state index contributed by atoms with van der Waals surface area (Å²) in [6.07, 6.45) is 0. The molecule has 0 atom stereocenters. The van der Waals surface area contributed by atoms with E-state index < -0.39 is 5.97 Å². The predicted octanol–water partition coefficient (Wildman–Crippen LogP) is 0.819. The van der Waals surface area contributed by atoms with E-state index in [1.54, 1.807) is 12.1 Å². The lowest BCUT2D eigenvalue weighted by atomic mass is 10.2. The van der Waals surface area contributed by atoms with Crippen LogP contribution in [-0.4, -0.2) is 23.5 Å². The highest BCUT2D eigenvalue weighted by atomic mass is 16.4. The molecule has 0 aliphatic heterocycles. The summed E-state index contributed by atoms with van der Waals surface area (Å²) in [4.78, 5) is 21.0. The van der Waals surface area contributed by atoms with Crippen LogP contribution < -0.4 is 10.6 Å². The van der Waals surface area contributed by atoms with Gasteiger partial charge in [0.15, 0.2) is 0 Å². The Kier molecular flexibility index (Phi) is 4.47. The molecule has 1 rings (SSSR count). The largest absolute Gasteiger partial charge is 0.480 e. The van der Waals surface area contributed by atoms with Gasteiger partial charge in [-0.05, 0) is 17.7 Å². The molecule has 0 fully saturated rings. The first-order valence-electron chi connectivity index (χ1n) is 4.87. The van der Waals surface area contributed by atoms with Gasteiger partial charge in [-0.15, -0.1) is 0 Å². The molecule has 1 amide bonds. The topological polar surface area (TPSA) is 78.4 Å². The third-order valence-corrected chi connectivity index (χ3v) is 1.88. The van der Waals surface area contributed by atoms with Crippen LogP contribution in [0.15, 0.2) is 24.3 Å². The van der Waals surface area contributed by atoms with Gasteiger partial charge in [0.1, 0.15) is 0 Å². The van der Waals surface area contributed by atoms with Crippen LogP contribution in [0.25, 0.3) is 0 Å². The van der Waals surface area contributed by atoms with Gasteiger partial charge in [-0.1, -0.05) is 12.1 Å². The Morgan fingerprint density at radius 3 is 2.38 bits per heavy atom. The number of aliphatic carboxylic acids is 1. The van der Waals surface area contributed by atoms with Gasteiger partial charge in [0.05, 0.1) is 6.54 Å². The van der Waals surface area contributed by atoms with Gasteiger partial charge in [0.2, 0.25) is 5.91 Å². The molecule has 3 N–H and O–H groups in total. The van der Waals surface area contributed by atoms with Gasteiger partial charge in [0, 0.05) is 19.2 Å². The number of carbonyl (C=O) groups excluding carboxylic acids is 1. The Morgan fingerprint density at radius 1 is 1.25 bits per heavy atom. The van der Waals surface area contributed by atoms with Crippen LogP contribution in [0.5, 0.6) is 0 Å². The van der Waals surface area contributed by atoms with Crippen molar-refractivity contribution in [1.29, 1.82) is 0 Å². The molecule has 0 unspecified atom stereocenters. The second kappa shape index (κ2) is 5.87. The van der Waals surface area contributed by atoms with Gasteiger partial charge in [-0.25, -0.2) is 0 Å². The monoisotopic (exact) mass is 222 g/mol. The van der Waals surface area contributed by atoms with Crippen LogP contribution >= 0.6 is 0 Å². The molecule has 0 spiro atoms. The number of rotatable bonds is 5. The predicted molar refractivity (Wildman–Crippen MR) is 60.1 cm³/mol. The molecular formula is C11H14N2O3. The third-order valence-electron chi connectivity index (χ3n) is 1.88. The van der Waals surface area contributed by atoms with Crippen molar-refractivity contribution in [3.63, 3.8) is 0 Å². The zero-order valence-electron chi connectivity index (χ0n) is 8.99. The number of anilines is 1. The van der Waals surface area contributed by atoms with Gasteiger partial charge in [0.25, 0.3) is 0 Å². The Labute approximate surface area is 93.5 Å². The van der Waals surface area contributed by atoms with Crippen molar-refractivity contribution < 1.29 is 14.7 Å². The van der Waals surface area contributed by atoms with Crippen molar-refractivity contribution in [2.75, 3.05) is 11.9 Å². The Morgan fingerprint density at radius 2 is 1.88 bits per heavy atom. The molecule has 0 bridgehead atoms. The summed E-state index contributed by atoms with van der Waals surface area (Å²) in [7, 11) is 0. The first kappa shape index (κ1) is 12.2. The number of carboxylic acids is 1. The number of nitrogens with one attached hydrogen (secondary N) is 2. The van der Waals surface area contributed by atoms with Crippen LogP contribution in [0.1, 0.15) is 12.5 Å². The molecule has 86 valence electrons. The van der Waals surface area contributed by atoms with Crippen molar-refractivity contribution in [2.24, 2.45) is 0 Å². The Hall–Kier alpha value is -1.88. The maximum absolute atomic E-state index is 10.8. The highest BCUT2D eigenvalue weighted by molar-refractivity contribution is 5.88. The van der Waals surface area contributed by atoms with E-state index in [1.807, 2.05) is 12.1 Å². The molecule has 0 aliphatic rings. The van der Waals surface area contributed by atoms with Crippen molar-refractivity contribution in [3.05, 3.63) is 29.8 Å². The summed E-state index contributed by atoms with van der Waals surface area (Å²) < 4.78 is 0. The minimum Gasteiger partial charge on any atom is -0.480 e. The van der Waals surface area contributed by atoms with Crippen LogP contribution in [0.2, 0.25) is 0 Å². The molecule has 0 heterocycles. The van der Waals surface area contributed by atoms with Gasteiger partial charge >= 0.3 is 5.97 Å². The Bertz CT molecular complexity index is 373. The quantitative estimate of drug-likeness (QED) is 0.689. The summed E-state index contributed by atoms with van der Waals surface area (Å²) in [5, 5.41) is 13.9. The molecule has 1 aromatic carbocycles. The number of benzene rings is 1. The maximum atomic E-state index is 10.8. The molecule has 5 nitrogen and oxygen atoms in total. The molecular weight excluding hydrogens is 208 g/mol. The lowest BCUT2D eigenvalue weighted by Gasteiger charge is -2.05. The van der Waals surface area contributed by atoms with E-state index in [2.05, 4.69) is 10.6 Å². The van der Waals surface area contributed by atoms with Crippen molar-refractivity contribution in [1.82, 2.24) is 5.32 Å². The Balaban J connectivity index is 2.45. The van der Waals surface area contributed by atoms with Crippen molar-refractivity contribution in [2.45, 2.75) is 13.5 Å². The van der Waals surface area contributed by atoms with E-state index in [0.29, 0.717) is 6.54 Å². The number of carbonyl (C=O) groups is 2. The van der Waals surface area contributed by atoms with Gasteiger partial charge in [-0.3, -0.25) is 9.59 Å². The summed E-state index contributed by atoms with van der Waals surface area (Å²) in [5.41, 5.74) is 1.70. The second-order valence-electron chi connectivity index (χ2n) is 3.38. The second-order valence-corrected chi connectivity index (χ2v) is 3.38. The summed E-state index contributed by atoms with van der Waals surface area (Å²) in [5.74, 6) is -0.994. The number of carboxylic acid groups (broad SMARTS) is 1. The van der Waals surface area contributed by atoms with Crippen LogP contribution in [0.3, 0.4) is 0 Å². The summed E-state index contributed by atoms with van der Waals surface area (Å²) in [6, 6.07) is 7.22. The number of amides is 1. The number of hydrogen-bond donors (Lipinski definition) is 3. The minimum absolute atomic E-state index is 0.0621. The van der Waals surface area contributed by atoms with Crippen molar-refractivity contribution >= 4 is 17.6 Å². The number of hydrogen-bond acceptors (Lipinski definition) is 3. The summed E-state index contributed by atoms with van der Waals surface area (Å²) in [6.45, 7) is 1.88. The first-order chi connectivity index (χ1) is 7.58. The standard InChI is InChI=1S/C11H14N2O3/c1-8(14)13-10-4-2-9(3-5-10)6-12-7-11(15)16/h2-5,12H,6-7H2,1H3,(H,13,14)(H,15,16). The van der Waals surface area contributed by atoms with E-state index >= 15 is 0 Å². The van der Waals surface area contributed by atoms with Crippen molar-refractivity contribution in [3.8, 4) is 0 Å². The first-order valence-corrected chi connectivity index (χ1v) is 4.87. The molecule has 0 aliphatic carbocycles. The lowest BCUT2D eigenvalue weighted by Crippen LogP contribution is -2.21. The molecule has 1 aromatic rings. The normalized spacial score (nSPS) is 9.81. The van der Waals surface area contributed by atoms with E-state index in [0.717, 1.165) is 11.3 Å². The molecule has 0 aromatic heterocycles. The smallest absolute Gasteiger partial charge is 0.317 e. The molecule has 16 heavy (non-hydrogen) atoms. The average Bonchev–Trinajstić information content (AvgIpc) is 2.19. The fraction of sp³-hybridized carbons (Fsp3) is 0.273. The van der Waals surface area contributed by atoms with Gasteiger partial charge < -0.3 is 15.7 Å². The zero-order valence-corrected chi connectivity index (χ0v) is 8.99. The van der Waals surface area contributed by atoms with E-state index in [-0.39, 0.29) is 12.5 Å². The molecule has 0 saturated heterocycles. The average molecular weight is 222 g/mol. The highest BCUT2D eigenvalue weighted by Crippen LogP contribution is 2.08. The van der Waals surface area contributed by atoms with Crippen LogP contribution in [-0.2, 0) is 16.1 Å². The van der Waals surface area contributed by atoms with Gasteiger partial charge in [-0.2, -0.15) is 0 Å². The fourth-order valence-corrected chi connectivity index (χ4v) is 1.22. The SMILES string of the molecule is CC(=O)Nc1ccc(CNCC(=O)O)cc1. The molecule has 5 heteroatoms. The van der Waals surface area contributed by atoms with Crippen LogP contribution in [0.4, 0.5) is 5.69 Å². The molecule has 0 saturated carbocycles. The maximum Gasteiger partial charge on any atom is 0.317 e. The minimum atomic E-state index is -0.880. The fourth-order valence-electron chi connectivity index (χ4n) is 1.22. The van der Waals surface area contributed by atoms with Crippen LogP contribution in [0, 0.1) is 0 Å². The van der Waals surface area contributed by atoms with E-state index in [9.17, 15) is 9.59 Å². The van der Waals surface area contributed by atoms with E-state index in [4.69, 9.17) is 5.11 Å². The molecule has 0 radical (unpaired) electrons. The highest BCUT2D eigenvalue weighted by Gasteiger charge is 1.98. The third kappa shape index (κ3) is 4.56. The van der Waals surface area contributed by atoms with E-state index in [1.165, 1.54) is 6.92 Å². The lowest BCUT2D eigenvalue weighted by molar-refractivity contribution is -0.136.